The predicted octanol–water partition coefficient (Wildman–Crippen LogP) is 0.929. The summed E-state index contributed by atoms with van der Waals surface area (Å²) in [5, 5.41) is 19.3. The Morgan fingerprint density at radius 2 is 1.86 bits per heavy atom. The largest absolute Gasteiger partial charge is 0.392 e. The fourth-order valence-corrected chi connectivity index (χ4v) is 4.44. The smallest absolute Gasteiger partial charge is 0.122 e. The monoisotopic (exact) mass is 226 g/mol. The van der Waals surface area contributed by atoms with Gasteiger partial charge in [0, 0.05) is 0 Å². The molecule has 4 heteroatoms. The summed E-state index contributed by atoms with van der Waals surface area (Å²) in [5.74, 6) is 0. The summed E-state index contributed by atoms with van der Waals surface area (Å²) in [6.07, 6.45) is 0.245. The Balaban J connectivity index is 2.80. The van der Waals surface area contributed by atoms with Crippen LogP contribution in [0.25, 0.3) is 0 Å². The van der Waals surface area contributed by atoms with E-state index in [0.29, 0.717) is 9.19 Å². The average Bonchev–Trinajstić information content (AvgIpc) is 2.20. The summed E-state index contributed by atoms with van der Waals surface area (Å²) < 4.78 is 0. The maximum Gasteiger partial charge on any atom is 0.122 e. The third-order valence-electron chi connectivity index (χ3n) is 2.22. The van der Waals surface area contributed by atoms with E-state index in [9.17, 15) is 0 Å². The van der Waals surface area contributed by atoms with E-state index in [-0.39, 0.29) is 12.7 Å². The van der Waals surface area contributed by atoms with Gasteiger partial charge in [-0.2, -0.15) is 0 Å². The van der Waals surface area contributed by atoms with Gasteiger partial charge in [-0.3, -0.25) is 0 Å². The first-order valence-electron chi connectivity index (χ1n) is 4.48. The van der Waals surface area contributed by atoms with Crippen molar-refractivity contribution in [1.82, 2.24) is 0 Å². The Bertz CT molecular complexity index is 300. The maximum absolute atomic E-state index is 9.02. The molecular formula is C10H15O2PSi. The summed E-state index contributed by atoms with van der Waals surface area (Å²) in [6, 6.07) is 6.21. The summed E-state index contributed by atoms with van der Waals surface area (Å²) in [5.41, 5.74) is 2.57. The first kappa shape index (κ1) is 11.9. The highest BCUT2D eigenvalue weighted by atomic mass is 31.4. The van der Waals surface area contributed by atoms with Crippen LogP contribution in [0.2, 0.25) is 0 Å². The maximum atomic E-state index is 9.02. The lowest BCUT2D eigenvalue weighted by Gasteiger charge is -2.13. The summed E-state index contributed by atoms with van der Waals surface area (Å²) in [4.78, 5) is 0. The van der Waals surface area contributed by atoms with Crippen molar-refractivity contribution >= 4 is 21.8 Å². The molecule has 2 nitrogen and oxygen atoms in total. The molecule has 0 spiro atoms. The van der Waals surface area contributed by atoms with Crippen LogP contribution in [0.4, 0.5) is 0 Å². The van der Waals surface area contributed by atoms with Crippen LogP contribution in [0.5, 0.6) is 0 Å². The minimum atomic E-state index is -0.622. The van der Waals surface area contributed by atoms with Crippen molar-refractivity contribution in [2.75, 3.05) is 12.7 Å². The van der Waals surface area contributed by atoms with Crippen molar-refractivity contribution in [3.05, 3.63) is 29.3 Å². The Labute approximate surface area is 88.4 Å². The number of hydrogen-bond donors (Lipinski definition) is 2. The standard InChI is InChI=1S/C10H15O2PSi/c1-8-4-3-5-10(9(8)2)14-13(6-11)7-12/h3-5,11-12H,6-7H2,1-2H3. The average molecular weight is 226 g/mol. The van der Waals surface area contributed by atoms with Gasteiger partial charge in [-0.1, -0.05) is 30.9 Å². The summed E-state index contributed by atoms with van der Waals surface area (Å²) in [6.45, 7) is 4.18. The fourth-order valence-electron chi connectivity index (χ4n) is 1.16. The highest BCUT2D eigenvalue weighted by molar-refractivity contribution is 7.87. The van der Waals surface area contributed by atoms with E-state index < -0.39 is 7.47 Å². The molecule has 0 bridgehead atoms. The predicted molar refractivity (Wildman–Crippen MR) is 62.4 cm³/mol. The number of benzene rings is 1. The van der Waals surface area contributed by atoms with Gasteiger partial charge in [0.05, 0.1) is 12.7 Å². The summed E-state index contributed by atoms with van der Waals surface area (Å²) in [7, 11) is -0.0665. The summed E-state index contributed by atoms with van der Waals surface area (Å²) >= 11 is 0. The fraction of sp³-hybridized carbons (Fsp3) is 0.400. The van der Waals surface area contributed by atoms with E-state index in [4.69, 9.17) is 10.2 Å². The lowest BCUT2D eigenvalue weighted by Crippen LogP contribution is -2.19. The second-order valence-corrected chi connectivity index (χ2v) is 8.16. The molecule has 0 saturated carbocycles. The molecule has 1 aromatic rings. The molecular weight excluding hydrogens is 211 g/mol. The van der Waals surface area contributed by atoms with Gasteiger partial charge in [-0.15, -0.1) is 0 Å². The molecule has 0 aromatic heterocycles. The SMILES string of the molecule is Cc1cccc([Si]P(CO)CO)c1C. The second kappa shape index (κ2) is 5.62. The van der Waals surface area contributed by atoms with Crippen LogP contribution in [-0.4, -0.2) is 32.1 Å². The van der Waals surface area contributed by atoms with Crippen LogP contribution in [0.1, 0.15) is 11.1 Å². The molecule has 76 valence electrons. The minimum Gasteiger partial charge on any atom is -0.392 e. The van der Waals surface area contributed by atoms with Crippen molar-refractivity contribution in [3.63, 3.8) is 0 Å². The van der Waals surface area contributed by atoms with Crippen molar-refractivity contribution in [1.29, 1.82) is 0 Å². The molecule has 0 aliphatic carbocycles. The van der Waals surface area contributed by atoms with Gasteiger partial charge in [-0.05, 0) is 25.0 Å². The van der Waals surface area contributed by atoms with E-state index in [1.807, 2.05) is 6.07 Å². The van der Waals surface area contributed by atoms with Gasteiger partial charge < -0.3 is 10.2 Å². The van der Waals surface area contributed by atoms with Gasteiger partial charge >= 0.3 is 0 Å². The van der Waals surface area contributed by atoms with E-state index in [1.165, 1.54) is 16.3 Å². The number of aryl methyl sites for hydroxylation is 1. The van der Waals surface area contributed by atoms with Crippen LogP contribution in [-0.2, 0) is 0 Å². The molecule has 2 radical (unpaired) electrons. The molecule has 0 aliphatic heterocycles. The number of aliphatic hydroxyl groups excluding tert-OH is 2. The lowest BCUT2D eigenvalue weighted by molar-refractivity contribution is 0.347. The minimum absolute atomic E-state index is 0.123. The molecule has 0 heterocycles. The van der Waals surface area contributed by atoms with Crippen LogP contribution in [0.15, 0.2) is 18.2 Å². The van der Waals surface area contributed by atoms with Gasteiger partial charge in [0.25, 0.3) is 0 Å². The quantitative estimate of drug-likeness (QED) is 0.592. The molecule has 0 unspecified atom stereocenters. The zero-order chi connectivity index (χ0) is 10.6. The molecule has 1 rings (SSSR count). The number of hydrogen-bond acceptors (Lipinski definition) is 2. The Kier molecular flexibility index (Phi) is 4.76. The van der Waals surface area contributed by atoms with Gasteiger partial charge in [0.1, 0.15) is 9.19 Å². The van der Waals surface area contributed by atoms with Crippen molar-refractivity contribution in [3.8, 4) is 0 Å². The Morgan fingerprint density at radius 1 is 1.21 bits per heavy atom. The van der Waals surface area contributed by atoms with Gasteiger partial charge in [-0.25, -0.2) is 0 Å². The first-order chi connectivity index (χ1) is 6.69. The van der Waals surface area contributed by atoms with Crippen LogP contribution in [0.3, 0.4) is 0 Å². The molecule has 0 amide bonds. The van der Waals surface area contributed by atoms with Gasteiger partial charge in [0.2, 0.25) is 0 Å². The van der Waals surface area contributed by atoms with Crippen LogP contribution < -0.4 is 5.19 Å². The molecule has 14 heavy (non-hydrogen) atoms. The van der Waals surface area contributed by atoms with Crippen LogP contribution in [0, 0.1) is 13.8 Å². The molecule has 0 fully saturated rings. The number of aliphatic hydroxyl groups is 2. The first-order valence-corrected chi connectivity index (χ1v) is 8.04. The molecule has 0 saturated heterocycles. The third kappa shape index (κ3) is 2.89. The normalized spacial score (nSPS) is 10.9. The van der Waals surface area contributed by atoms with Crippen molar-refractivity contribution < 1.29 is 10.2 Å². The highest BCUT2D eigenvalue weighted by Crippen LogP contribution is 2.29. The van der Waals surface area contributed by atoms with E-state index in [0.717, 1.165) is 0 Å². The zero-order valence-corrected chi connectivity index (χ0v) is 10.4. The Hall–Kier alpha value is -0.213. The van der Waals surface area contributed by atoms with Crippen molar-refractivity contribution in [2.24, 2.45) is 0 Å². The molecule has 1 aromatic carbocycles. The molecule has 0 aliphatic rings. The Morgan fingerprint density at radius 3 is 2.43 bits per heavy atom. The lowest BCUT2D eigenvalue weighted by atomic mass is 10.1. The van der Waals surface area contributed by atoms with E-state index >= 15 is 0 Å². The molecule has 2 N–H and O–H groups in total. The van der Waals surface area contributed by atoms with Crippen molar-refractivity contribution in [2.45, 2.75) is 13.8 Å². The zero-order valence-electron chi connectivity index (χ0n) is 8.49. The second-order valence-electron chi connectivity index (χ2n) is 3.18. The van der Waals surface area contributed by atoms with E-state index in [1.54, 1.807) is 0 Å². The number of rotatable bonds is 4. The van der Waals surface area contributed by atoms with Gasteiger partial charge in [0.15, 0.2) is 0 Å². The topological polar surface area (TPSA) is 40.5 Å². The highest BCUT2D eigenvalue weighted by Gasteiger charge is 2.10. The third-order valence-corrected chi connectivity index (χ3v) is 6.53. The van der Waals surface area contributed by atoms with Crippen LogP contribution >= 0.6 is 7.47 Å². The molecule has 0 atom stereocenters. The van der Waals surface area contributed by atoms with E-state index in [2.05, 4.69) is 26.0 Å².